The Hall–Kier alpha value is -8.69. The molecule has 0 aliphatic heterocycles. The van der Waals surface area contributed by atoms with Gasteiger partial charge < -0.3 is 9.13 Å². The van der Waals surface area contributed by atoms with Crippen LogP contribution in [0.1, 0.15) is 5.56 Å². The Labute approximate surface area is 386 Å². The monoisotopic (exact) mass is 894 g/mol. The largest absolute Gasteiger partial charge is 0.420 e. The summed E-state index contributed by atoms with van der Waals surface area (Å²) in [6.07, 6.45) is -1.46. The van der Waals surface area contributed by atoms with Crippen molar-refractivity contribution >= 4 is 43.6 Å². The fourth-order valence-corrected chi connectivity index (χ4v) is 9.87. The smallest absolute Gasteiger partial charge is 0.309 e. The number of fused-ring (bicyclic) bond motifs is 6. The second kappa shape index (κ2) is 16.0. The van der Waals surface area contributed by atoms with Crippen molar-refractivity contribution in [2.24, 2.45) is 0 Å². The zero-order valence-electron chi connectivity index (χ0n) is 35.9. The number of rotatable bonds is 7. The van der Waals surface area contributed by atoms with Gasteiger partial charge in [0.2, 0.25) is 0 Å². The number of para-hydroxylation sites is 2. The number of nitrogens with zero attached hydrogens (tertiary/aromatic N) is 4. The van der Waals surface area contributed by atoms with Crippen LogP contribution in [0.4, 0.5) is 22.0 Å². The summed E-state index contributed by atoms with van der Waals surface area (Å²) in [5, 5.41) is 2.88. The van der Waals surface area contributed by atoms with Crippen molar-refractivity contribution in [3.8, 4) is 67.3 Å². The summed E-state index contributed by atoms with van der Waals surface area (Å²) in [7, 11) is 0. The molecule has 0 bridgehead atoms. The molecule has 0 N–H and O–H groups in total. The van der Waals surface area contributed by atoms with Crippen molar-refractivity contribution < 1.29 is 22.0 Å². The SMILES string of the molecule is Fc1cc(F)cc(-c2cc(-n3c4ccccc4c4cc(-c5cccnc5-c5ccccc5)ccc43)c(C(F)(F)F)c(-n3c4ccccc4c4cc(-c5cccnc5-c5ccccc5)ccc43)c2)c1. The molecule has 0 saturated heterocycles. The van der Waals surface area contributed by atoms with E-state index in [4.69, 9.17) is 9.97 Å². The van der Waals surface area contributed by atoms with Crippen molar-refractivity contribution in [2.75, 3.05) is 0 Å². The molecule has 12 aromatic rings. The quantitative estimate of drug-likeness (QED) is 0.149. The molecule has 0 aliphatic carbocycles. The molecule has 12 rings (SSSR count). The van der Waals surface area contributed by atoms with Gasteiger partial charge in [-0.25, -0.2) is 8.78 Å². The van der Waals surface area contributed by atoms with Crippen LogP contribution in [-0.2, 0) is 6.18 Å². The Balaban J connectivity index is 1.15. The van der Waals surface area contributed by atoms with Crippen LogP contribution in [0.3, 0.4) is 0 Å². The normalized spacial score (nSPS) is 11.9. The van der Waals surface area contributed by atoms with Gasteiger partial charge in [-0.2, -0.15) is 13.2 Å². The van der Waals surface area contributed by atoms with E-state index in [-0.39, 0.29) is 22.5 Å². The molecule has 0 radical (unpaired) electrons. The van der Waals surface area contributed by atoms with Gasteiger partial charge in [-0.05, 0) is 95.1 Å². The van der Waals surface area contributed by atoms with Gasteiger partial charge in [-0.1, -0.05) is 121 Å². The Morgan fingerprint density at radius 1 is 0.338 bits per heavy atom. The van der Waals surface area contributed by atoms with Gasteiger partial charge in [0.15, 0.2) is 0 Å². The van der Waals surface area contributed by atoms with Crippen molar-refractivity contribution in [3.05, 3.63) is 230 Å². The number of benzene rings is 8. The first-order valence-corrected chi connectivity index (χ1v) is 22.0. The number of hydrogen-bond acceptors (Lipinski definition) is 2. The van der Waals surface area contributed by atoms with Gasteiger partial charge in [-0.3, -0.25) is 9.97 Å². The summed E-state index contributed by atoms with van der Waals surface area (Å²) in [6.45, 7) is 0. The molecule has 326 valence electrons. The second-order valence-electron chi connectivity index (χ2n) is 16.7. The van der Waals surface area contributed by atoms with Crippen LogP contribution in [0.25, 0.3) is 111 Å². The molecule has 0 unspecified atom stereocenters. The summed E-state index contributed by atoms with van der Waals surface area (Å²) in [5.74, 6) is -1.71. The third kappa shape index (κ3) is 6.81. The first kappa shape index (κ1) is 40.8. The van der Waals surface area contributed by atoms with Gasteiger partial charge in [0.1, 0.15) is 17.2 Å². The van der Waals surface area contributed by atoms with Gasteiger partial charge in [-0.15, -0.1) is 0 Å². The third-order valence-corrected chi connectivity index (χ3v) is 12.7. The maximum Gasteiger partial charge on any atom is 0.420 e. The van der Waals surface area contributed by atoms with Crippen LogP contribution in [0.5, 0.6) is 0 Å². The van der Waals surface area contributed by atoms with Crippen molar-refractivity contribution in [1.82, 2.24) is 19.1 Å². The molecule has 4 nitrogen and oxygen atoms in total. The highest BCUT2D eigenvalue weighted by Gasteiger charge is 2.39. The number of alkyl halides is 3. The predicted octanol–water partition coefficient (Wildman–Crippen LogP) is 16.3. The maximum absolute atomic E-state index is 16.6. The lowest BCUT2D eigenvalue weighted by Crippen LogP contribution is -2.16. The lowest BCUT2D eigenvalue weighted by Gasteiger charge is -2.23. The van der Waals surface area contributed by atoms with E-state index in [1.54, 1.807) is 45.8 Å². The molecule has 8 aromatic carbocycles. The Bertz CT molecular complexity index is 3690. The Morgan fingerprint density at radius 2 is 0.750 bits per heavy atom. The highest BCUT2D eigenvalue weighted by Crippen LogP contribution is 2.47. The van der Waals surface area contributed by atoms with Crippen molar-refractivity contribution in [2.45, 2.75) is 6.18 Å². The number of aromatic nitrogens is 4. The number of pyridine rings is 2. The number of halogens is 5. The van der Waals surface area contributed by atoms with E-state index in [9.17, 15) is 0 Å². The van der Waals surface area contributed by atoms with E-state index < -0.39 is 23.4 Å². The minimum absolute atomic E-state index is 0.0832. The average Bonchev–Trinajstić information content (AvgIpc) is 3.88. The molecule has 9 heteroatoms. The van der Waals surface area contributed by atoms with Gasteiger partial charge >= 0.3 is 6.18 Å². The average molecular weight is 895 g/mol. The first-order valence-electron chi connectivity index (χ1n) is 22.0. The predicted molar refractivity (Wildman–Crippen MR) is 263 cm³/mol. The molecule has 0 aliphatic rings. The maximum atomic E-state index is 16.6. The lowest BCUT2D eigenvalue weighted by atomic mass is 9.97. The standard InChI is InChI=1S/C59H35F5N4/c60-42-29-40(30-43(61)35-42)41-33-54(67-50-21-9-7-17-46(50)48-31-38(23-25-52(48)67)44-19-11-27-65-57(44)36-13-3-1-4-14-36)56(59(62,63)64)55(34-41)68-51-22-10-8-18-47(51)49-32-39(24-26-53(49)68)45-20-12-28-66-58(45)37-15-5-2-6-16-37/h1-35H. The van der Waals surface area contributed by atoms with E-state index in [1.165, 1.54) is 12.1 Å². The van der Waals surface area contributed by atoms with Crippen molar-refractivity contribution in [1.29, 1.82) is 0 Å². The summed E-state index contributed by atoms with van der Waals surface area (Å²) in [6, 6.07) is 59.3. The lowest BCUT2D eigenvalue weighted by molar-refractivity contribution is -0.137. The van der Waals surface area contributed by atoms with Crippen LogP contribution in [0.15, 0.2) is 213 Å². The van der Waals surface area contributed by atoms with Crippen LogP contribution < -0.4 is 0 Å². The van der Waals surface area contributed by atoms with Crippen LogP contribution in [0.2, 0.25) is 0 Å². The zero-order chi connectivity index (χ0) is 46.1. The van der Waals surface area contributed by atoms with E-state index in [0.29, 0.717) is 32.8 Å². The molecular weight excluding hydrogens is 860 g/mol. The van der Waals surface area contributed by atoms with Crippen LogP contribution in [-0.4, -0.2) is 19.1 Å². The molecule has 0 fully saturated rings. The van der Waals surface area contributed by atoms with Gasteiger partial charge in [0.25, 0.3) is 0 Å². The minimum atomic E-state index is -4.94. The minimum Gasteiger partial charge on any atom is -0.309 e. The molecule has 0 atom stereocenters. The topological polar surface area (TPSA) is 35.6 Å². The van der Waals surface area contributed by atoms with Gasteiger partial charge in [0, 0.05) is 62.3 Å². The fourth-order valence-electron chi connectivity index (χ4n) is 9.87. The van der Waals surface area contributed by atoms with E-state index >= 15 is 22.0 Å². The van der Waals surface area contributed by atoms with Crippen LogP contribution in [0, 0.1) is 11.6 Å². The third-order valence-electron chi connectivity index (χ3n) is 12.7. The Morgan fingerprint density at radius 3 is 1.21 bits per heavy atom. The molecular formula is C59H35F5N4. The molecule has 0 saturated carbocycles. The fraction of sp³-hybridized carbons (Fsp3) is 0.0169. The first-order chi connectivity index (χ1) is 33.2. The molecule has 4 heterocycles. The molecule has 4 aromatic heterocycles. The summed E-state index contributed by atoms with van der Waals surface area (Å²) < 4.78 is 83.3. The molecule has 0 amide bonds. The van der Waals surface area contributed by atoms with Crippen LogP contribution >= 0.6 is 0 Å². The van der Waals surface area contributed by atoms with E-state index in [0.717, 1.165) is 73.7 Å². The van der Waals surface area contributed by atoms with Gasteiger partial charge in [0.05, 0.1) is 44.8 Å². The summed E-state index contributed by atoms with van der Waals surface area (Å²) in [4.78, 5) is 9.47. The highest BCUT2D eigenvalue weighted by molar-refractivity contribution is 6.13. The highest BCUT2D eigenvalue weighted by atomic mass is 19.4. The number of hydrogen-bond donors (Lipinski definition) is 0. The van der Waals surface area contributed by atoms with Crippen molar-refractivity contribution in [3.63, 3.8) is 0 Å². The van der Waals surface area contributed by atoms with E-state index in [1.807, 2.05) is 146 Å². The Kier molecular flexibility index (Phi) is 9.62. The second-order valence-corrected chi connectivity index (χ2v) is 16.7. The zero-order valence-corrected chi connectivity index (χ0v) is 35.9. The molecule has 68 heavy (non-hydrogen) atoms. The van der Waals surface area contributed by atoms with E-state index in [2.05, 4.69) is 0 Å². The molecule has 0 spiro atoms. The summed E-state index contributed by atoms with van der Waals surface area (Å²) in [5.41, 5.74) is 7.78. The summed E-state index contributed by atoms with van der Waals surface area (Å²) >= 11 is 0.